The summed E-state index contributed by atoms with van der Waals surface area (Å²) in [5, 5.41) is 7.93. The lowest BCUT2D eigenvalue weighted by Crippen LogP contribution is -3.08. The molecule has 0 bridgehead atoms. The Hall–Kier alpha value is -1.62. The third-order valence-corrected chi connectivity index (χ3v) is 5.48. The van der Waals surface area contributed by atoms with Gasteiger partial charge in [-0.15, -0.1) is 0 Å². The van der Waals surface area contributed by atoms with Crippen LogP contribution in [0.4, 0.5) is 5.69 Å². The summed E-state index contributed by atoms with van der Waals surface area (Å²) in [6.07, 6.45) is 2.70. The van der Waals surface area contributed by atoms with Crippen LogP contribution in [0.5, 0.6) is 0 Å². The van der Waals surface area contributed by atoms with Crippen molar-refractivity contribution in [3.8, 4) is 0 Å². The topological polar surface area (TPSA) is 28.5 Å². The molecule has 5 heteroatoms. The van der Waals surface area contributed by atoms with Gasteiger partial charge in [-0.05, 0) is 42.4 Å². The van der Waals surface area contributed by atoms with E-state index in [-0.39, 0.29) is 0 Å². The molecule has 1 saturated heterocycles. The maximum atomic E-state index is 6.17. The van der Waals surface area contributed by atoms with Gasteiger partial charge in [-0.2, -0.15) is 0 Å². The molecule has 0 radical (unpaired) electrons. The van der Waals surface area contributed by atoms with E-state index < -0.39 is 0 Å². The Morgan fingerprint density at radius 2 is 1.80 bits per heavy atom. The number of anilines is 1. The second-order valence-corrected chi connectivity index (χ2v) is 7.44. The average Bonchev–Trinajstić information content (AvgIpc) is 3.11. The molecule has 0 atom stereocenters. The summed E-state index contributed by atoms with van der Waals surface area (Å²) in [4.78, 5) is 1.68. The molecule has 0 amide bonds. The standard InChI is InChI=1S/C20H24ClN3S/c1-15-18(21)9-6-10-19(15)23-20(25)22-13-16-7-2-3-8-17(16)14-24-11-4-5-12-24/h2-3,6-10H,4-5,11-14H2,1H3,(H2,22,23,25)/p+1. The molecule has 0 aromatic heterocycles. The monoisotopic (exact) mass is 374 g/mol. The van der Waals surface area contributed by atoms with E-state index in [4.69, 9.17) is 23.8 Å². The maximum Gasteiger partial charge on any atom is 0.171 e. The van der Waals surface area contributed by atoms with E-state index in [2.05, 4.69) is 34.9 Å². The highest BCUT2D eigenvalue weighted by molar-refractivity contribution is 7.80. The van der Waals surface area contributed by atoms with E-state index in [0.29, 0.717) is 5.11 Å². The summed E-state index contributed by atoms with van der Waals surface area (Å²) in [5.41, 5.74) is 4.67. The summed E-state index contributed by atoms with van der Waals surface area (Å²) in [6, 6.07) is 14.4. The number of benzene rings is 2. The molecule has 1 heterocycles. The maximum absolute atomic E-state index is 6.17. The molecular formula is C20H25ClN3S+. The minimum absolute atomic E-state index is 0.619. The fraction of sp³-hybridized carbons (Fsp3) is 0.350. The van der Waals surface area contributed by atoms with Gasteiger partial charge in [-0.1, -0.05) is 41.9 Å². The smallest absolute Gasteiger partial charge is 0.171 e. The first kappa shape index (κ1) is 18.2. The van der Waals surface area contributed by atoms with E-state index in [9.17, 15) is 0 Å². The zero-order valence-corrected chi connectivity index (χ0v) is 16.1. The number of quaternary nitrogens is 1. The minimum atomic E-state index is 0.619. The quantitative estimate of drug-likeness (QED) is 0.701. The molecule has 3 rings (SSSR count). The predicted octanol–water partition coefficient (Wildman–Crippen LogP) is 3.31. The van der Waals surface area contributed by atoms with Crippen LogP contribution in [-0.4, -0.2) is 18.2 Å². The number of rotatable bonds is 5. The van der Waals surface area contributed by atoms with Crippen LogP contribution in [-0.2, 0) is 13.1 Å². The van der Waals surface area contributed by atoms with Gasteiger partial charge in [0, 0.05) is 35.7 Å². The third kappa shape index (κ3) is 4.94. The van der Waals surface area contributed by atoms with E-state index in [1.807, 2.05) is 25.1 Å². The molecule has 3 nitrogen and oxygen atoms in total. The van der Waals surface area contributed by atoms with Gasteiger partial charge in [0.25, 0.3) is 0 Å². The Kier molecular flexibility index (Phi) is 6.29. The number of hydrogen-bond acceptors (Lipinski definition) is 1. The molecule has 2 aromatic rings. The molecule has 1 aliphatic heterocycles. The van der Waals surface area contributed by atoms with Crippen LogP contribution in [0.1, 0.15) is 29.5 Å². The second-order valence-electron chi connectivity index (χ2n) is 6.62. The van der Waals surface area contributed by atoms with E-state index in [1.165, 1.54) is 37.1 Å². The molecule has 1 aliphatic rings. The zero-order valence-electron chi connectivity index (χ0n) is 14.6. The molecule has 2 aromatic carbocycles. The van der Waals surface area contributed by atoms with Crippen molar-refractivity contribution in [1.29, 1.82) is 0 Å². The van der Waals surface area contributed by atoms with Crippen LogP contribution in [0.3, 0.4) is 0 Å². The molecule has 25 heavy (non-hydrogen) atoms. The number of hydrogen-bond donors (Lipinski definition) is 3. The van der Waals surface area contributed by atoms with Gasteiger partial charge in [0.05, 0.1) is 13.1 Å². The highest BCUT2D eigenvalue weighted by atomic mass is 35.5. The van der Waals surface area contributed by atoms with Crippen LogP contribution in [0, 0.1) is 6.92 Å². The number of nitrogens with one attached hydrogen (secondary N) is 3. The largest absolute Gasteiger partial charge is 0.358 e. The number of halogens is 1. The van der Waals surface area contributed by atoms with Crippen LogP contribution >= 0.6 is 23.8 Å². The van der Waals surface area contributed by atoms with Gasteiger partial charge in [0.1, 0.15) is 6.54 Å². The van der Waals surface area contributed by atoms with Crippen LogP contribution < -0.4 is 15.5 Å². The lowest BCUT2D eigenvalue weighted by Gasteiger charge is -2.17. The highest BCUT2D eigenvalue weighted by Crippen LogP contribution is 2.22. The fourth-order valence-corrected chi connectivity index (χ4v) is 3.67. The summed E-state index contributed by atoms with van der Waals surface area (Å²) in [7, 11) is 0. The molecule has 1 fully saturated rings. The van der Waals surface area contributed by atoms with Gasteiger partial charge in [0.2, 0.25) is 0 Å². The molecule has 0 unspecified atom stereocenters. The Morgan fingerprint density at radius 3 is 2.56 bits per heavy atom. The van der Waals surface area contributed by atoms with Crippen molar-refractivity contribution >= 4 is 34.6 Å². The van der Waals surface area contributed by atoms with Crippen molar-refractivity contribution in [3.05, 3.63) is 64.2 Å². The van der Waals surface area contributed by atoms with Gasteiger partial charge < -0.3 is 15.5 Å². The normalized spacial score (nSPS) is 14.5. The summed E-state index contributed by atoms with van der Waals surface area (Å²) < 4.78 is 0. The summed E-state index contributed by atoms with van der Waals surface area (Å²) in [5.74, 6) is 0. The average molecular weight is 375 g/mol. The Labute approximate surface area is 160 Å². The van der Waals surface area contributed by atoms with Crippen molar-refractivity contribution in [1.82, 2.24) is 5.32 Å². The first-order valence-electron chi connectivity index (χ1n) is 8.84. The van der Waals surface area contributed by atoms with Gasteiger partial charge in [0.15, 0.2) is 5.11 Å². The van der Waals surface area contributed by atoms with Gasteiger partial charge >= 0.3 is 0 Å². The van der Waals surface area contributed by atoms with Crippen LogP contribution in [0.25, 0.3) is 0 Å². The number of likely N-dealkylation sites (tertiary alicyclic amines) is 1. The minimum Gasteiger partial charge on any atom is -0.358 e. The first-order valence-corrected chi connectivity index (χ1v) is 9.62. The Balaban J connectivity index is 1.59. The second kappa shape index (κ2) is 8.65. The van der Waals surface area contributed by atoms with Crippen molar-refractivity contribution < 1.29 is 4.90 Å². The summed E-state index contributed by atoms with van der Waals surface area (Å²) in [6.45, 7) is 6.40. The van der Waals surface area contributed by atoms with Gasteiger partial charge in [-0.25, -0.2) is 0 Å². The van der Waals surface area contributed by atoms with Crippen LogP contribution in [0.2, 0.25) is 5.02 Å². The highest BCUT2D eigenvalue weighted by Gasteiger charge is 2.17. The molecule has 0 saturated carbocycles. The Morgan fingerprint density at radius 1 is 1.08 bits per heavy atom. The number of thiocarbonyl (C=S) groups is 1. The molecule has 0 aliphatic carbocycles. The fourth-order valence-electron chi connectivity index (χ4n) is 3.31. The van der Waals surface area contributed by atoms with E-state index in [0.717, 1.165) is 29.4 Å². The SMILES string of the molecule is Cc1c(Cl)cccc1NC(=S)NCc1ccccc1C[NH+]1CCCC1. The molecule has 0 spiro atoms. The van der Waals surface area contributed by atoms with Gasteiger partial charge in [-0.3, -0.25) is 0 Å². The third-order valence-electron chi connectivity index (χ3n) is 4.82. The van der Waals surface area contributed by atoms with Crippen molar-refractivity contribution in [3.63, 3.8) is 0 Å². The summed E-state index contributed by atoms with van der Waals surface area (Å²) >= 11 is 11.6. The molecule has 3 N–H and O–H groups in total. The van der Waals surface area contributed by atoms with Crippen molar-refractivity contribution in [2.75, 3.05) is 18.4 Å². The zero-order chi connectivity index (χ0) is 17.6. The molecular weight excluding hydrogens is 350 g/mol. The van der Waals surface area contributed by atoms with Crippen LogP contribution in [0.15, 0.2) is 42.5 Å². The van der Waals surface area contributed by atoms with Crippen molar-refractivity contribution in [2.24, 2.45) is 0 Å². The predicted molar refractivity (Wildman–Crippen MR) is 109 cm³/mol. The van der Waals surface area contributed by atoms with E-state index in [1.54, 1.807) is 4.90 Å². The van der Waals surface area contributed by atoms with E-state index >= 15 is 0 Å². The molecule has 132 valence electrons. The van der Waals surface area contributed by atoms with Crippen molar-refractivity contribution in [2.45, 2.75) is 32.9 Å². The Bertz CT molecular complexity index is 741. The first-order chi connectivity index (χ1) is 12.1. The lowest BCUT2D eigenvalue weighted by molar-refractivity contribution is -0.901. The lowest BCUT2D eigenvalue weighted by atomic mass is 10.1.